The summed E-state index contributed by atoms with van der Waals surface area (Å²) in [5, 5.41) is 2.29. The van der Waals surface area contributed by atoms with Crippen LogP contribution in [0.2, 0.25) is 0 Å². The molecule has 1 rings (SSSR count). The molecule has 0 fully saturated rings. The Bertz CT molecular complexity index is 402. The zero-order chi connectivity index (χ0) is 11.4. The van der Waals surface area contributed by atoms with Gasteiger partial charge in [-0.1, -0.05) is 6.07 Å². The van der Waals surface area contributed by atoms with Gasteiger partial charge in [0.2, 0.25) is 11.1 Å². The maximum atomic E-state index is 10.8. The average molecular weight is 226 g/mol. The minimum absolute atomic E-state index is 0.115. The topological polar surface area (TPSA) is 46.2 Å². The Morgan fingerprint density at radius 2 is 2.07 bits per heavy atom. The fraction of sp³-hybridized carbons (Fsp3) is 0.273. The first-order valence-electron chi connectivity index (χ1n) is 4.54. The van der Waals surface area contributed by atoms with Gasteiger partial charge >= 0.3 is 0 Å². The summed E-state index contributed by atoms with van der Waals surface area (Å²) >= 11 is 5.30. The fourth-order valence-electron chi connectivity index (χ4n) is 1.32. The van der Waals surface area contributed by atoms with Crippen LogP contribution in [0.3, 0.4) is 0 Å². The Labute approximate surface area is 93.4 Å². The lowest BCUT2D eigenvalue weighted by Gasteiger charge is -2.07. The Hall–Kier alpha value is -1.35. The molecule has 0 aliphatic heterocycles. The highest BCUT2D eigenvalue weighted by atomic mass is 35.5. The quantitative estimate of drug-likeness (QED) is 0.803. The van der Waals surface area contributed by atoms with Crippen LogP contribution in [0.15, 0.2) is 18.2 Å². The lowest BCUT2D eigenvalue weighted by atomic mass is 10.1. The third kappa shape index (κ3) is 3.72. The lowest BCUT2D eigenvalue weighted by molar-refractivity contribution is -0.114. The molecule has 0 heterocycles. The number of nitrogens with one attached hydrogen (secondary N) is 1. The molecule has 0 saturated carbocycles. The summed E-state index contributed by atoms with van der Waals surface area (Å²) < 4.78 is 0. The number of benzene rings is 1. The largest absolute Gasteiger partial charge is 0.326 e. The predicted molar refractivity (Wildman–Crippen MR) is 60.0 cm³/mol. The van der Waals surface area contributed by atoms with Crippen LogP contribution in [0, 0.1) is 6.92 Å². The normalized spacial score (nSPS) is 9.80. The predicted octanol–water partition coefficient (Wildman–Crippen LogP) is 2.26. The average Bonchev–Trinajstić information content (AvgIpc) is 2.08. The standard InChI is InChI=1S/C11H12ClNO2/c1-7-5-10(13-8(2)14)4-3-9(7)6-11(12)15/h3-5H,6H2,1-2H3,(H,13,14). The van der Waals surface area contributed by atoms with Crippen molar-refractivity contribution in [3.05, 3.63) is 29.3 Å². The molecule has 0 spiro atoms. The van der Waals surface area contributed by atoms with Crippen LogP contribution in [0.1, 0.15) is 18.1 Å². The molecule has 0 bridgehead atoms. The van der Waals surface area contributed by atoms with E-state index in [1.54, 1.807) is 12.1 Å². The summed E-state index contributed by atoms with van der Waals surface area (Å²) in [6, 6.07) is 5.36. The van der Waals surface area contributed by atoms with Crippen molar-refractivity contribution in [3.63, 3.8) is 0 Å². The van der Waals surface area contributed by atoms with Crippen LogP contribution in [0.5, 0.6) is 0 Å². The molecule has 3 nitrogen and oxygen atoms in total. The molecule has 1 N–H and O–H groups in total. The van der Waals surface area contributed by atoms with Crippen LogP contribution in [0.25, 0.3) is 0 Å². The van der Waals surface area contributed by atoms with Gasteiger partial charge in [-0.15, -0.1) is 0 Å². The van der Waals surface area contributed by atoms with Crippen molar-refractivity contribution in [1.29, 1.82) is 0 Å². The SMILES string of the molecule is CC(=O)Nc1ccc(CC(=O)Cl)c(C)c1. The number of halogens is 1. The van der Waals surface area contributed by atoms with E-state index in [4.69, 9.17) is 11.6 Å². The lowest BCUT2D eigenvalue weighted by Crippen LogP contribution is -2.06. The van der Waals surface area contributed by atoms with E-state index in [0.717, 1.165) is 16.8 Å². The van der Waals surface area contributed by atoms with Crippen molar-refractivity contribution in [3.8, 4) is 0 Å². The zero-order valence-electron chi connectivity index (χ0n) is 8.63. The van der Waals surface area contributed by atoms with Crippen molar-refractivity contribution in [1.82, 2.24) is 0 Å². The van der Waals surface area contributed by atoms with E-state index in [1.165, 1.54) is 6.92 Å². The Kier molecular flexibility index (Phi) is 3.86. The number of hydrogen-bond acceptors (Lipinski definition) is 2. The number of carbonyl (C=O) groups is 2. The molecule has 1 amide bonds. The highest BCUT2D eigenvalue weighted by Gasteiger charge is 2.04. The maximum Gasteiger partial charge on any atom is 0.226 e. The summed E-state index contributed by atoms with van der Waals surface area (Å²) in [6.07, 6.45) is 0.216. The number of rotatable bonds is 3. The second-order valence-corrected chi connectivity index (χ2v) is 3.78. The zero-order valence-corrected chi connectivity index (χ0v) is 9.39. The monoisotopic (exact) mass is 225 g/mol. The van der Waals surface area contributed by atoms with Crippen LogP contribution in [-0.2, 0) is 16.0 Å². The first-order valence-corrected chi connectivity index (χ1v) is 4.92. The molecule has 1 aromatic carbocycles. The van der Waals surface area contributed by atoms with E-state index in [1.807, 2.05) is 13.0 Å². The van der Waals surface area contributed by atoms with E-state index in [0.29, 0.717) is 0 Å². The van der Waals surface area contributed by atoms with Crippen LogP contribution < -0.4 is 5.32 Å². The fourth-order valence-corrected chi connectivity index (χ4v) is 1.47. The third-order valence-electron chi connectivity index (χ3n) is 1.99. The molecule has 0 radical (unpaired) electrons. The summed E-state index contributed by atoms with van der Waals surface area (Å²) in [7, 11) is 0. The number of hydrogen-bond donors (Lipinski definition) is 1. The molecule has 0 aliphatic carbocycles. The molecule has 0 aromatic heterocycles. The molecule has 80 valence electrons. The van der Waals surface area contributed by atoms with Crippen molar-refractivity contribution in [2.75, 3.05) is 5.32 Å². The number of amides is 1. The summed E-state index contributed by atoms with van der Waals surface area (Å²) in [6.45, 7) is 3.33. The molecule has 15 heavy (non-hydrogen) atoms. The summed E-state index contributed by atoms with van der Waals surface area (Å²) in [5.74, 6) is -0.115. The van der Waals surface area contributed by atoms with Gasteiger partial charge in [0.25, 0.3) is 0 Å². The first-order chi connectivity index (χ1) is 6.99. The summed E-state index contributed by atoms with van der Waals surface area (Å²) in [5.41, 5.74) is 2.55. The summed E-state index contributed by atoms with van der Waals surface area (Å²) in [4.78, 5) is 21.5. The number of anilines is 1. The highest BCUT2D eigenvalue weighted by Crippen LogP contribution is 2.16. The van der Waals surface area contributed by atoms with Gasteiger partial charge in [0.05, 0.1) is 0 Å². The Morgan fingerprint density at radius 3 is 2.53 bits per heavy atom. The van der Waals surface area contributed by atoms with E-state index in [2.05, 4.69) is 5.32 Å². The van der Waals surface area contributed by atoms with Gasteiger partial charge in [-0.25, -0.2) is 0 Å². The van der Waals surface area contributed by atoms with Crippen molar-refractivity contribution in [2.24, 2.45) is 0 Å². The minimum atomic E-state index is -0.384. The van der Waals surface area contributed by atoms with E-state index >= 15 is 0 Å². The first kappa shape index (κ1) is 11.7. The minimum Gasteiger partial charge on any atom is -0.326 e. The molecule has 4 heteroatoms. The molecule has 1 aromatic rings. The number of aryl methyl sites for hydroxylation is 1. The smallest absolute Gasteiger partial charge is 0.226 e. The molecule has 0 unspecified atom stereocenters. The van der Waals surface area contributed by atoms with Gasteiger partial charge in [-0.3, -0.25) is 9.59 Å². The van der Waals surface area contributed by atoms with Crippen LogP contribution >= 0.6 is 11.6 Å². The third-order valence-corrected chi connectivity index (χ3v) is 2.13. The van der Waals surface area contributed by atoms with E-state index in [-0.39, 0.29) is 17.6 Å². The van der Waals surface area contributed by atoms with Crippen LogP contribution in [0.4, 0.5) is 5.69 Å². The van der Waals surface area contributed by atoms with Crippen molar-refractivity contribution < 1.29 is 9.59 Å². The molecule has 0 saturated heterocycles. The van der Waals surface area contributed by atoms with E-state index < -0.39 is 0 Å². The molecular formula is C11H12ClNO2. The van der Waals surface area contributed by atoms with Gasteiger partial charge in [-0.05, 0) is 41.8 Å². The molecule has 0 atom stereocenters. The van der Waals surface area contributed by atoms with Gasteiger partial charge in [0, 0.05) is 19.0 Å². The van der Waals surface area contributed by atoms with Gasteiger partial charge in [0.15, 0.2) is 0 Å². The second-order valence-electron chi connectivity index (χ2n) is 3.35. The van der Waals surface area contributed by atoms with E-state index in [9.17, 15) is 9.59 Å². The number of carbonyl (C=O) groups excluding carboxylic acids is 2. The Balaban J connectivity index is 2.87. The Morgan fingerprint density at radius 1 is 1.40 bits per heavy atom. The van der Waals surface area contributed by atoms with Gasteiger partial charge in [-0.2, -0.15) is 0 Å². The second kappa shape index (κ2) is 4.94. The van der Waals surface area contributed by atoms with Gasteiger partial charge in [0.1, 0.15) is 0 Å². The maximum absolute atomic E-state index is 10.8. The molecular weight excluding hydrogens is 214 g/mol. The van der Waals surface area contributed by atoms with Crippen molar-refractivity contribution in [2.45, 2.75) is 20.3 Å². The molecule has 0 aliphatic rings. The van der Waals surface area contributed by atoms with Crippen molar-refractivity contribution >= 4 is 28.4 Å². The van der Waals surface area contributed by atoms with Crippen LogP contribution in [-0.4, -0.2) is 11.1 Å². The van der Waals surface area contributed by atoms with Gasteiger partial charge < -0.3 is 5.32 Å². The highest BCUT2D eigenvalue weighted by molar-refractivity contribution is 6.63.